The fraction of sp³-hybridized carbons (Fsp3) is 0.364. The zero-order chi connectivity index (χ0) is 20.7. The molecular formula is C22H27NO5. The van der Waals surface area contributed by atoms with Gasteiger partial charge in [-0.2, -0.15) is 0 Å². The van der Waals surface area contributed by atoms with Crippen molar-refractivity contribution >= 4 is 17.7 Å². The van der Waals surface area contributed by atoms with Gasteiger partial charge in [0.25, 0.3) is 0 Å². The Bertz CT molecular complexity index is 781. The summed E-state index contributed by atoms with van der Waals surface area (Å²) in [5.41, 5.74) is 0.661. The number of carboxylic acids is 1. The zero-order valence-electron chi connectivity index (χ0n) is 16.7. The van der Waals surface area contributed by atoms with Crippen molar-refractivity contribution in [2.75, 3.05) is 18.6 Å². The molecule has 0 aliphatic heterocycles. The number of methoxy groups -OCH3 is 1. The van der Waals surface area contributed by atoms with E-state index in [1.54, 1.807) is 76.4 Å². The summed E-state index contributed by atoms with van der Waals surface area (Å²) in [6.45, 7) is 5.58. The molecule has 2 aromatic carbocycles. The number of carbonyl (C=O) groups is 2. The van der Waals surface area contributed by atoms with E-state index in [4.69, 9.17) is 9.47 Å². The van der Waals surface area contributed by atoms with Crippen LogP contribution in [0.3, 0.4) is 0 Å². The van der Waals surface area contributed by atoms with E-state index in [-0.39, 0.29) is 13.0 Å². The second-order valence-electron chi connectivity index (χ2n) is 7.42. The third kappa shape index (κ3) is 6.01. The lowest BCUT2D eigenvalue weighted by atomic mass is 9.95. The number of amides is 1. The second-order valence-corrected chi connectivity index (χ2v) is 7.42. The third-order valence-electron chi connectivity index (χ3n) is 4.14. The Kier molecular flexibility index (Phi) is 7.04. The van der Waals surface area contributed by atoms with Gasteiger partial charge in [-0.1, -0.05) is 30.3 Å². The Morgan fingerprint density at radius 2 is 1.64 bits per heavy atom. The minimum Gasteiger partial charge on any atom is -0.497 e. The summed E-state index contributed by atoms with van der Waals surface area (Å²) >= 11 is 0. The molecule has 6 heteroatoms. The van der Waals surface area contributed by atoms with E-state index >= 15 is 0 Å². The lowest BCUT2D eigenvalue weighted by Gasteiger charge is -2.28. The standard InChI is InChI=1S/C22H27NO5/c1-22(2,3)28-21(26)23(17-10-12-18(27-4)13-11-17)15-14-19(20(24)25)16-8-6-5-7-9-16/h5-13,19H,14-15H2,1-4H3,(H,24,25)/t19-/m0/s1. The molecule has 2 rings (SSSR count). The number of rotatable bonds is 7. The van der Waals surface area contributed by atoms with Crippen LogP contribution in [0, 0.1) is 0 Å². The molecule has 6 nitrogen and oxygen atoms in total. The van der Waals surface area contributed by atoms with Gasteiger partial charge in [-0.05, 0) is 57.0 Å². The fourth-order valence-corrected chi connectivity index (χ4v) is 2.78. The number of aliphatic carboxylic acids is 1. The van der Waals surface area contributed by atoms with E-state index < -0.39 is 23.6 Å². The van der Waals surface area contributed by atoms with Crippen molar-refractivity contribution in [1.29, 1.82) is 0 Å². The van der Waals surface area contributed by atoms with Gasteiger partial charge in [-0.15, -0.1) is 0 Å². The number of ether oxygens (including phenoxy) is 2. The molecule has 0 radical (unpaired) electrons. The molecule has 0 fully saturated rings. The summed E-state index contributed by atoms with van der Waals surface area (Å²) < 4.78 is 10.7. The van der Waals surface area contributed by atoms with Gasteiger partial charge in [0.15, 0.2) is 0 Å². The summed E-state index contributed by atoms with van der Waals surface area (Å²) in [6, 6.07) is 16.0. The number of nitrogens with zero attached hydrogens (tertiary/aromatic N) is 1. The normalized spacial score (nSPS) is 12.1. The van der Waals surface area contributed by atoms with Crippen molar-refractivity contribution in [3.05, 3.63) is 60.2 Å². The predicted octanol–water partition coefficient (Wildman–Crippen LogP) is 4.70. The Labute approximate surface area is 165 Å². The van der Waals surface area contributed by atoms with Crippen molar-refractivity contribution in [3.63, 3.8) is 0 Å². The van der Waals surface area contributed by atoms with E-state index in [1.807, 2.05) is 6.07 Å². The molecule has 0 aromatic heterocycles. The molecule has 0 aliphatic rings. The van der Waals surface area contributed by atoms with Crippen molar-refractivity contribution in [3.8, 4) is 5.75 Å². The zero-order valence-corrected chi connectivity index (χ0v) is 16.7. The van der Waals surface area contributed by atoms with Gasteiger partial charge in [-0.25, -0.2) is 4.79 Å². The quantitative estimate of drug-likeness (QED) is 0.748. The van der Waals surface area contributed by atoms with Crippen LogP contribution in [0.5, 0.6) is 5.75 Å². The third-order valence-corrected chi connectivity index (χ3v) is 4.14. The molecule has 0 unspecified atom stereocenters. The molecule has 0 spiro atoms. The first-order valence-corrected chi connectivity index (χ1v) is 9.13. The van der Waals surface area contributed by atoms with E-state index in [0.717, 1.165) is 0 Å². The molecule has 28 heavy (non-hydrogen) atoms. The van der Waals surface area contributed by atoms with E-state index in [0.29, 0.717) is 17.0 Å². The SMILES string of the molecule is COc1ccc(N(CC[C@H](C(=O)O)c2ccccc2)C(=O)OC(C)(C)C)cc1. The highest BCUT2D eigenvalue weighted by Crippen LogP contribution is 2.25. The van der Waals surface area contributed by atoms with E-state index in [9.17, 15) is 14.7 Å². The van der Waals surface area contributed by atoms with Crippen LogP contribution in [-0.4, -0.2) is 36.4 Å². The van der Waals surface area contributed by atoms with Gasteiger partial charge in [0, 0.05) is 12.2 Å². The van der Waals surface area contributed by atoms with Crippen molar-refractivity contribution in [1.82, 2.24) is 0 Å². The lowest BCUT2D eigenvalue weighted by Crippen LogP contribution is -2.38. The molecule has 0 bridgehead atoms. The number of anilines is 1. The first-order valence-electron chi connectivity index (χ1n) is 9.13. The van der Waals surface area contributed by atoms with Crippen LogP contribution in [0.15, 0.2) is 54.6 Å². The Balaban J connectivity index is 2.24. The van der Waals surface area contributed by atoms with Crippen LogP contribution in [0.4, 0.5) is 10.5 Å². The van der Waals surface area contributed by atoms with E-state index in [2.05, 4.69) is 0 Å². The molecule has 0 aliphatic carbocycles. The van der Waals surface area contributed by atoms with Crippen LogP contribution >= 0.6 is 0 Å². The molecule has 150 valence electrons. The minimum atomic E-state index is -0.926. The maximum atomic E-state index is 12.8. The highest BCUT2D eigenvalue weighted by atomic mass is 16.6. The van der Waals surface area contributed by atoms with Gasteiger partial charge in [0.05, 0.1) is 13.0 Å². The number of hydrogen-bond donors (Lipinski definition) is 1. The Morgan fingerprint density at radius 1 is 1.04 bits per heavy atom. The van der Waals surface area contributed by atoms with Crippen LogP contribution < -0.4 is 9.64 Å². The topological polar surface area (TPSA) is 76.1 Å². The molecule has 0 saturated carbocycles. The van der Waals surface area contributed by atoms with Gasteiger partial charge < -0.3 is 14.6 Å². The summed E-state index contributed by atoms with van der Waals surface area (Å²) in [7, 11) is 1.57. The Morgan fingerprint density at radius 3 is 2.14 bits per heavy atom. The second kappa shape index (κ2) is 9.26. The molecule has 1 atom stereocenters. The highest BCUT2D eigenvalue weighted by molar-refractivity contribution is 5.88. The first-order chi connectivity index (χ1) is 13.2. The minimum absolute atomic E-state index is 0.201. The van der Waals surface area contributed by atoms with Crippen LogP contribution in [-0.2, 0) is 9.53 Å². The maximum absolute atomic E-state index is 12.8. The molecule has 2 aromatic rings. The van der Waals surface area contributed by atoms with Crippen molar-refractivity contribution in [2.24, 2.45) is 0 Å². The lowest BCUT2D eigenvalue weighted by molar-refractivity contribution is -0.138. The number of hydrogen-bond acceptors (Lipinski definition) is 4. The number of carboxylic acid groups (broad SMARTS) is 1. The van der Waals surface area contributed by atoms with Gasteiger partial charge in [-0.3, -0.25) is 9.69 Å². The van der Waals surface area contributed by atoms with Crippen LogP contribution in [0.1, 0.15) is 38.7 Å². The average Bonchev–Trinajstić information content (AvgIpc) is 2.64. The maximum Gasteiger partial charge on any atom is 0.414 e. The van der Waals surface area contributed by atoms with Gasteiger partial charge in [0.1, 0.15) is 11.4 Å². The largest absolute Gasteiger partial charge is 0.497 e. The van der Waals surface area contributed by atoms with E-state index in [1.165, 1.54) is 4.90 Å². The van der Waals surface area contributed by atoms with Crippen LogP contribution in [0.25, 0.3) is 0 Å². The fourth-order valence-electron chi connectivity index (χ4n) is 2.78. The van der Waals surface area contributed by atoms with Crippen molar-refractivity contribution < 1.29 is 24.2 Å². The average molecular weight is 385 g/mol. The summed E-state index contributed by atoms with van der Waals surface area (Å²) in [6.07, 6.45) is -0.264. The molecule has 0 saturated heterocycles. The molecule has 1 amide bonds. The predicted molar refractivity (Wildman–Crippen MR) is 108 cm³/mol. The number of carbonyl (C=O) groups excluding carboxylic acids is 1. The first kappa shape index (κ1) is 21.3. The van der Waals surface area contributed by atoms with Crippen LogP contribution in [0.2, 0.25) is 0 Å². The number of benzene rings is 2. The summed E-state index contributed by atoms with van der Waals surface area (Å²) in [5.74, 6) is -0.977. The van der Waals surface area contributed by atoms with Crippen molar-refractivity contribution in [2.45, 2.75) is 38.7 Å². The van der Waals surface area contributed by atoms with Gasteiger partial charge in [0.2, 0.25) is 0 Å². The summed E-state index contributed by atoms with van der Waals surface area (Å²) in [4.78, 5) is 26.0. The molecule has 0 heterocycles. The summed E-state index contributed by atoms with van der Waals surface area (Å²) in [5, 5.41) is 9.65. The highest BCUT2D eigenvalue weighted by Gasteiger charge is 2.26. The molecular weight excluding hydrogens is 358 g/mol. The van der Waals surface area contributed by atoms with Gasteiger partial charge >= 0.3 is 12.1 Å². The Hall–Kier alpha value is -3.02. The molecule has 1 N–H and O–H groups in total. The monoisotopic (exact) mass is 385 g/mol. The smallest absolute Gasteiger partial charge is 0.414 e.